The number of rotatable bonds is 12. The number of benzene rings is 1. The molecule has 0 radical (unpaired) electrons. The molecule has 0 amide bonds. The van der Waals surface area contributed by atoms with Crippen molar-refractivity contribution in [3.8, 4) is 11.5 Å². The fourth-order valence-corrected chi connectivity index (χ4v) is 4.32. The maximum absolute atomic E-state index is 10.9. The first-order valence-electron chi connectivity index (χ1n) is 12.0. The highest BCUT2D eigenvalue weighted by molar-refractivity contribution is 5.69. The Bertz CT molecular complexity index is 836. The van der Waals surface area contributed by atoms with E-state index in [9.17, 15) is 4.79 Å². The standard InChI is InChI=1S/C28H42O4/c1-20(12-8-14-22(3)27(29)30)10-7-11-21(2)13-9-16-28(5)17-15-24-19-25(31-6)18-23(4)26(24)32-28/h10,13,18-19,22H,7-9,11-12,14-17H2,1-6H3,(H,29,30)/b20-10+,21-13+/t22?,28-/m1/s1. The number of carboxylic acid groups (broad SMARTS) is 1. The van der Waals surface area contributed by atoms with Crippen LogP contribution in [0, 0.1) is 12.8 Å². The Kier molecular flexibility index (Phi) is 9.86. The minimum absolute atomic E-state index is 0.118. The second kappa shape index (κ2) is 12.1. The van der Waals surface area contributed by atoms with Crippen molar-refractivity contribution < 1.29 is 19.4 Å². The van der Waals surface area contributed by atoms with E-state index in [0.717, 1.165) is 74.8 Å². The number of aryl methyl sites for hydroxylation is 2. The summed E-state index contributed by atoms with van der Waals surface area (Å²) in [5.41, 5.74) is 5.08. The van der Waals surface area contributed by atoms with Gasteiger partial charge >= 0.3 is 5.97 Å². The molecular weight excluding hydrogens is 400 g/mol. The van der Waals surface area contributed by atoms with Gasteiger partial charge in [0.1, 0.15) is 17.1 Å². The number of aliphatic carboxylic acids is 1. The number of carboxylic acids is 1. The number of methoxy groups -OCH3 is 1. The zero-order valence-corrected chi connectivity index (χ0v) is 20.9. The van der Waals surface area contributed by atoms with Crippen LogP contribution >= 0.6 is 0 Å². The molecule has 2 atom stereocenters. The minimum Gasteiger partial charge on any atom is -0.497 e. The molecule has 0 spiro atoms. The third-order valence-electron chi connectivity index (χ3n) is 6.66. The van der Waals surface area contributed by atoms with Gasteiger partial charge in [0.2, 0.25) is 0 Å². The maximum Gasteiger partial charge on any atom is 0.306 e. The van der Waals surface area contributed by atoms with Crippen LogP contribution in [0.2, 0.25) is 0 Å². The quantitative estimate of drug-likeness (QED) is 0.342. The molecular formula is C28H42O4. The van der Waals surface area contributed by atoms with Crippen LogP contribution in [0.1, 0.15) is 90.2 Å². The smallest absolute Gasteiger partial charge is 0.306 e. The number of fused-ring (bicyclic) bond motifs is 1. The van der Waals surface area contributed by atoms with Crippen molar-refractivity contribution in [2.24, 2.45) is 5.92 Å². The van der Waals surface area contributed by atoms with E-state index in [0.29, 0.717) is 0 Å². The van der Waals surface area contributed by atoms with Gasteiger partial charge in [0.25, 0.3) is 0 Å². The van der Waals surface area contributed by atoms with Crippen LogP contribution in [-0.4, -0.2) is 23.8 Å². The molecule has 0 saturated carbocycles. The highest BCUT2D eigenvalue weighted by Crippen LogP contribution is 2.40. The van der Waals surface area contributed by atoms with Crippen LogP contribution in [0.3, 0.4) is 0 Å². The molecule has 1 heterocycles. The molecule has 1 aromatic rings. The van der Waals surface area contributed by atoms with Gasteiger partial charge in [-0.15, -0.1) is 0 Å². The van der Waals surface area contributed by atoms with E-state index in [2.05, 4.69) is 52.0 Å². The summed E-state index contributed by atoms with van der Waals surface area (Å²) < 4.78 is 11.9. The van der Waals surface area contributed by atoms with Crippen LogP contribution in [0.15, 0.2) is 35.4 Å². The normalized spacial score (nSPS) is 19.8. The summed E-state index contributed by atoms with van der Waals surface area (Å²) >= 11 is 0. The average Bonchev–Trinajstić information content (AvgIpc) is 2.74. The Labute approximate surface area is 194 Å². The summed E-state index contributed by atoms with van der Waals surface area (Å²) in [5, 5.41) is 8.96. The molecule has 0 bridgehead atoms. The fourth-order valence-electron chi connectivity index (χ4n) is 4.32. The summed E-state index contributed by atoms with van der Waals surface area (Å²) in [6.07, 6.45) is 13.6. The van der Waals surface area contributed by atoms with Gasteiger partial charge in [0, 0.05) is 0 Å². The molecule has 0 saturated heterocycles. The van der Waals surface area contributed by atoms with Crippen LogP contribution in [-0.2, 0) is 11.2 Å². The average molecular weight is 443 g/mol. The molecule has 1 aromatic carbocycles. The Morgan fingerprint density at radius 1 is 1.22 bits per heavy atom. The molecule has 0 fully saturated rings. The third kappa shape index (κ3) is 8.03. The number of carbonyl (C=O) groups is 1. The van der Waals surface area contributed by atoms with E-state index < -0.39 is 5.97 Å². The van der Waals surface area contributed by atoms with Gasteiger partial charge in [0.05, 0.1) is 13.0 Å². The van der Waals surface area contributed by atoms with Gasteiger partial charge in [-0.2, -0.15) is 0 Å². The van der Waals surface area contributed by atoms with Gasteiger partial charge in [-0.25, -0.2) is 0 Å². The van der Waals surface area contributed by atoms with E-state index in [-0.39, 0.29) is 11.5 Å². The zero-order valence-electron chi connectivity index (χ0n) is 20.9. The predicted octanol–water partition coefficient (Wildman–Crippen LogP) is 7.43. The van der Waals surface area contributed by atoms with Crippen LogP contribution in [0.25, 0.3) is 0 Å². The Hall–Kier alpha value is -2.23. The predicted molar refractivity (Wildman–Crippen MR) is 132 cm³/mol. The lowest BCUT2D eigenvalue weighted by atomic mass is 9.87. The second-order valence-electron chi connectivity index (χ2n) is 9.79. The Morgan fingerprint density at radius 3 is 2.59 bits per heavy atom. The minimum atomic E-state index is -0.695. The van der Waals surface area contributed by atoms with Gasteiger partial charge in [0.15, 0.2) is 0 Å². The lowest BCUT2D eigenvalue weighted by Gasteiger charge is -2.37. The Morgan fingerprint density at radius 2 is 1.91 bits per heavy atom. The van der Waals surface area contributed by atoms with Crippen LogP contribution in [0.5, 0.6) is 11.5 Å². The first-order chi connectivity index (χ1) is 15.1. The van der Waals surface area contributed by atoms with E-state index >= 15 is 0 Å². The Balaban J connectivity index is 1.76. The SMILES string of the molecule is COc1cc(C)c2c(c1)CC[C@@](C)(CC/C=C(\C)CC/C=C(\C)CCCC(C)C(=O)O)O2. The number of ether oxygens (including phenoxy) is 2. The molecule has 32 heavy (non-hydrogen) atoms. The highest BCUT2D eigenvalue weighted by atomic mass is 16.5. The third-order valence-corrected chi connectivity index (χ3v) is 6.66. The molecule has 0 aliphatic carbocycles. The zero-order chi connectivity index (χ0) is 23.7. The van der Waals surface area contributed by atoms with Gasteiger partial charge in [-0.3, -0.25) is 4.79 Å². The molecule has 1 aliphatic heterocycles. The lowest BCUT2D eigenvalue weighted by Crippen LogP contribution is -2.36. The first kappa shape index (κ1) is 26.0. The van der Waals surface area contributed by atoms with Crippen molar-refractivity contribution >= 4 is 5.97 Å². The molecule has 4 nitrogen and oxygen atoms in total. The summed E-state index contributed by atoms with van der Waals surface area (Å²) in [7, 11) is 1.71. The molecule has 1 N–H and O–H groups in total. The molecule has 1 aliphatic rings. The monoisotopic (exact) mass is 442 g/mol. The highest BCUT2D eigenvalue weighted by Gasteiger charge is 2.32. The van der Waals surface area contributed by atoms with E-state index in [1.165, 1.54) is 16.7 Å². The van der Waals surface area contributed by atoms with E-state index in [1.54, 1.807) is 14.0 Å². The number of hydrogen-bond acceptors (Lipinski definition) is 3. The van der Waals surface area contributed by atoms with E-state index in [4.69, 9.17) is 14.6 Å². The lowest BCUT2D eigenvalue weighted by molar-refractivity contribution is -0.141. The summed E-state index contributed by atoms with van der Waals surface area (Å²) in [4.78, 5) is 10.9. The van der Waals surface area contributed by atoms with Crippen molar-refractivity contribution in [2.75, 3.05) is 7.11 Å². The van der Waals surface area contributed by atoms with Crippen molar-refractivity contribution in [1.29, 1.82) is 0 Å². The van der Waals surface area contributed by atoms with Crippen molar-refractivity contribution in [3.05, 3.63) is 46.6 Å². The molecule has 0 aromatic heterocycles. The van der Waals surface area contributed by atoms with Crippen molar-refractivity contribution in [1.82, 2.24) is 0 Å². The maximum atomic E-state index is 10.9. The summed E-state index contributed by atoms with van der Waals surface area (Å²) in [5.74, 6) is 1.01. The molecule has 4 heteroatoms. The number of allylic oxidation sites excluding steroid dienone is 4. The molecule has 2 rings (SSSR count). The van der Waals surface area contributed by atoms with Crippen molar-refractivity contribution in [2.45, 2.75) is 98.0 Å². The summed E-state index contributed by atoms with van der Waals surface area (Å²) in [6.45, 7) is 10.5. The largest absolute Gasteiger partial charge is 0.497 e. The van der Waals surface area contributed by atoms with Crippen molar-refractivity contribution in [3.63, 3.8) is 0 Å². The molecule has 1 unspecified atom stereocenters. The van der Waals surface area contributed by atoms with E-state index in [1.807, 2.05) is 0 Å². The second-order valence-corrected chi connectivity index (χ2v) is 9.79. The molecule has 178 valence electrons. The summed E-state index contributed by atoms with van der Waals surface area (Å²) in [6, 6.07) is 4.16. The van der Waals surface area contributed by atoms with Gasteiger partial charge in [-0.05, 0) is 109 Å². The fraction of sp³-hybridized carbons (Fsp3) is 0.607. The van der Waals surface area contributed by atoms with Gasteiger partial charge < -0.3 is 14.6 Å². The van der Waals surface area contributed by atoms with Crippen LogP contribution < -0.4 is 9.47 Å². The number of hydrogen-bond donors (Lipinski definition) is 1. The topological polar surface area (TPSA) is 55.8 Å². The van der Waals surface area contributed by atoms with Crippen LogP contribution in [0.4, 0.5) is 0 Å². The first-order valence-corrected chi connectivity index (χ1v) is 12.0. The van der Waals surface area contributed by atoms with Gasteiger partial charge in [-0.1, -0.05) is 30.2 Å².